The summed E-state index contributed by atoms with van der Waals surface area (Å²) in [5, 5.41) is 4.41. The molecule has 2 aromatic heterocycles. The average molecular weight is 307 g/mol. The van der Waals surface area contributed by atoms with Crippen LogP contribution in [0.25, 0.3) is 11.4 Å². The monoisotopic (exact) mass is 306 g/mol. The van der Waals surface area contributed by atoms with Gasteiger partial charge >= 0.3 is 0 Å². The number of hydrogen-bond acceptors (Lipinski definition) is 5. The van der Waals surface area contributed by atoms with Crippen molar-refractivity contribution in [2.24, 2.45) is 11.8 Å². The third kappa shape index (κ3) is 3.41. The van der Waals surface area contributed by atoms with Crippen molar-refractivity contribution in [1.29, 1.82) is 0 Å². The molecule has 1 aliphatic rings. The molecule has 3 rings (SSSR count). The summed E-state index contributed by atoms with van der Waals surface area (Å²) in [4.78, 5) is 10.9. The molecule has 0 radical (unpaired) electrons. The van der Waals surface area contributed by atoms with Gasteiger partial charge in [0, 0.05) is 19.3 Å². The number of aromatic nitrogens is 3. The Morgan fingerprint density at radius 1 is 1.33 bits per heavy atom. The molecule has 1 saturated heterocycles. The van der Waals surface area contributed by atoms with Crippen molar-refractivity contribution in [3.05, 3.63) is 29.4 Å². The van der Waals surface area contributed by atoms with Crippen LogP contribution >= 0.6 is 11.6 Å². The maximum absolute atomic E-state index is 6.05. The van der Waals surface area contributed by atoms with Crippen LogP contribution in [0.15, 0.2) is 22.9 Å². The van der Waals surface area contributed by atoms with Gasteiger partial charge in [0.1, 0.15) is 5.15 Å². The number of pyridine rings is 1. The van der Waals surface area contributed by atoms with E-state index in [-0.39, 0.29) is 0 Å². The first kappa shape index (κ1) is 14.5. The van der Waals surface area contributed by atoms with Crippen LogP contribution < -0.4 is 0 Å². The number of nitrogens with zero attached hydrogens (tertiary/aromatic N) is 4. The maximum atomic E-state index is 6.05. The zero-order valence-electron chi connectivity index (χ0n) is 12.3. The van der Waals surface area contributed by atoms with Crippen LogP contribution in [-0.4, -0.2) is 33.1 Å². The second kappa shape index (κ2) is 6.12. The first-order valence-corrected chi connectivity index (χ1v) is 7.65. The molecule has 0 bridgehead atoms. The summed E-state index contributed by atoms with van der Waals surface area (Å²) in [6.45, 7) is 7.43. The van der Waals surface area contributed by atoms with E-state index in [1.165, 1.54) is 6.42 Å². The molecule has 0 aromatic carbocycles. The Morgan fingerprint density at radius 2 is 2.10 bits per heavy atom. The molecule has 6 heteroatoms. The molecule has 5 nitrogen and oxygen atoms in total. The highest BCUT2D eigenvalue weighted by atomic mass is 35.5. The van der Waals surface area contributed by atoms with Gasteiger partial charge in [0.25, 0.3) is 0 Å². The van der Waals surface area contributed by atoms with Crippen molar-refractivity contribution >= 4 is 11.6 Å². The van der Waals surface area contributed by atoms with E-state index in [4.69, 9.17) is 16.1 Å². The van der Waals surface area contributed by atoms with Gasteiger partial charge in [-0.3, -0.25) is 4.90 Å². The molecule has 0 unspecified atom stereocenters. The highest BCUT2D eigenvalue weighted by Crippen LogP contribution is 2.25. The topological polar surface area (TPSA) is 55.1 Å². The molecule has 1 fully saturated rings. The Hall–Kier alpha value is -1.46. The van der Waals surface area contributed by atoms with E-state index in [9.17, 15) is 0 Å². The van der Waals surface area contributed by atoms with Gasteiger partial charge in [0.05, 0.1) is 12.1 Å². The lowest BCUT2D eigenvalue weighted by molar-refractivity contribution is 0.121. The van der Waals surface area contributed by atoms with Crippen molar-refractivity contribution in [2.75, 3.05) is 13.1 Å². The fourth-order valence-electron chi connectivity index (χ4n) is 3.09. The van der Waals surface area contributed by atoms with E-state index in [0.717, 1.165) is 13.1 Å². The van der Waals surface area contributed by atoms with Gasteiger partial charge in [-0.2, -0.15) is 4.98 Å². The van der Waals surface area contributed by atoms with Crippen molar-refractivity contribution < 1.29 is 4.52 Å². The summed E-state index contributed by atoms with van der Waals surface area (Å²) in [6.07, 6.45) is 2.93. The molecule has 0 spiro atoms. The molecule has 0 saturated carbocycles. The van der Waals surface area contributed by atoms with Crippen molar-refractivity contribution in [3.63, 3.8) is 0 Å². The summed E-state index contributed by atoms with van der Waals surface area (Å²) in [7, 11) is 0. The molecule has 0 aliphatic carbocycles. The van der Waals surface area contributed by atoms with E-state index >= 15 is 0 Å². The number of hydrogen-bond donors (Lipinski definition) is 0. The fourth-order valence-corrected chi connectivity index (χ4v) is 3.30. The Morgan fingerprint density at radius 3 is 2.81 bits per heavy atom. The van der Waals surface area contributed by atoms with E-state index in [1.807, 2.05) is 12.1 Å². The highest BCUT2D eigenvalue weighted by Gasteiger charge is 2.23. The van der Waals surface area contributed by atoms with Crippen LogP contribution in [-0.2, 0) is 6.54 Å². The predicted octanol–water partition coefficient (Wildman–Crippen LogP) is 3.26. The van der Waals surface area contributed by atoms with E-state index in [2.05, 4.69) is 33.9 Å². The number of rotatable bonds is 3. The van der Waals surface area contributed by atoms with Crippen molar-refractivity contribution in [3.8, 4) is 11.4 Å². The van der Waals surface area contributed by atoms with Gasteiger partial charge in [-0.15, -0.1) is 0 Å². The standard InChI is InChI=1S/C15H19ClN4O/c1-10-6-11(2)8-20(7-10)9-13-18-15(19-21-13)12-4-3-5-17-14(12)16/h3-5,10-11H,6-9H2,1-2H3/t10-,11-/m0/s1. The van der Waals surface area contributed by atoms with Crippen LogP contribution in [0.5, 0.6) is 0 Å². The first-order valence-electron chi connectivity index (χ1n) is 7.27. The molecule has 112 valence electrons. The van der Waals surface area contributed by atoms with Gasteiger partial charge in [-0.1, -0.05) is 30.6 Å². The minimum absolute atomic E-state index is 0.394. The molecular formula is C15H19ClN4O. The lowest BCUT2D eigenvalue weighted by Crippen LogP contribution is -2.38. The smallest absolute Gasteiger partial charge is 0.241 e. The quantitative estimate of drug-likeness (QED) is 0.815. The molecule has 1 aliphatic heterocycles. The SMILES string of the molecule is C[C@H]1C[C@H](C)CN(Cc2nc(-c3cccnc3Cl)no2)C1. The molecule has 2 atom stereocenters. The third-order valence-electron chi connectivity index (χ3n) is 3.77. The van der Waals surface area contributed by atoms with Crippen LogP contribution in [0.1, 0.15) is 26.2 Å². The maximum Gasteiger partial charge on any atom is 0.241 e. The second-order valence-electron chi connectivity index (χ2n) is 5.99. The lowest BCUT2D eigenvalue weighted by Gasteiger charge is -2.33. The predicted molar refractivity (Wildman–Crippen MR) is 80.8 cm³/mol. The number of likely N-dealkylation sites (tertiary alicyclic amines) is 1. The van der Waals surface area contributed by atoms with Crippen LogP contribution in [0.3, 0.4) is 0 Å². The van der Waals surface area contributed by atoms with Crippen LogP contribution in [0, 0.1) is 11.8 Å². The summed E-state index contributed by atoms with van der Waals surface area (Å²) in [5.41, 5.74) is 0.703. The average Bonchev–Trinajstić information content (AvgIpc) is 2.86. The Kier molecular flexibility index (Phi) is 4.22. The Bertz CT molecular complexity index is 605. The lowest BCUT2D eigenvalue weighted by atomic mass is 9.92. The number of halogens is 1. The van der Waals surface area contributed by atoms with Gasteiger partial charge in [0.15, 0.2) is 0 Å². The van der Waals surface area contributed by atoms with E-state index in [1.54, 1.807) is 6.20 Å². The molecule has 3 heterocycles. The molecule has 21 heavy (non-hydrogen) atoms. The minimum Gasteiger partial charge on any atom is -0.338 e. The summed E-state index contributed by atoms with van der Waals surface area (Å²) in [5.74, 6) is 2.56. The van der Waals surface area contributed by atoms with Crippen LogP contribution in [0.2, 0.25) is 5.15 Å². The molecule has 0 N–H and O–H groups in total. The van der Waals surface area contributed by atoms with Crippen molar-refractivity contribution in [2.45, 2.75) is 26.8 Å². The second-order valence-corrected chi connectivity index (χ2v) is 6.35. The molecule has 2 aromatic rings. The van der Waals surface area contributed by atoms with Gasteiger partial charge in [-0.25, -0.2) is 4.98 Å². The Labute approximate surface area is 129 Å². The zero-order valence-corrected chi connectivity index (χ0v) is 13.0. The summed E-state index contributed by atoms with van der Waals surface area (Å²) < 4.78 is 5.36. The van der Waals surface area contributed by atoms with Gasteiger partial charge < -0.3 is 4.52 Å². The van der Waals surface area contributed by atoms with E-state index < -0.39 is 0 Å². The third-order valence-corrected chi connectivity index (χ3v) is 4.07. The zero-order chi connectivity index (χ0) is 14.8. The highest BCUT2D eigenvalue weighted by molar-refractivity contribution is 6.31. The fraction of sp³-hybridized carbons (Fsp3) is 0.533. The first-order chi connectivity index (χ1) is 10.1. The summed E-state index contributed by atoms with van der Waals surface area (Å²) in [6, 6.07) is 3.65. The largest absolute Gasteiger partial charge is 0.338 e. The minimum atomic E-state index is 0.394. The normalized spacial score (nSPS) is 23.4. The number of piperidine rings is 1. The summed E-state index contributed by atoms with van der Waals surface area (Å²) >= 11 is 6.05. The van der Waals surface area contributed by atoms with Crippen molar-refractivity contribution in [1.82, 2.24) is 20.0 Å². The van der Waals surface area contributed by atoms with E-state index in [0.29, 0.717) is 40.8 Å². The molecular weight excluding hydrogens is 288 g/mol. The van der Waals surface area contributed by atoms with Gasteiger partial charge in [-0.05, 0) is 30.4 Å². The molecule has 0 amide bonds. The van der Waals surface area contributed by atoms with Gasteiger partial charge in [0.2, 0.25) is 11.7 Å². The van der Waals surface area contributed by atoms with Crippen LogP contribution in [0.4, 0.5) is 0 Å². The Balaban J connectivity index is 1.72.